The third-order valence-corrected chi connectivity index (χ3v) is 3.86. The Morgan fingerprint density at radius 3 is 2.53 bits per heavy atom. The average Bonchev–Trinajstić information content (AvgIpc) is 2.67. The molecule has 0 unspecified atom stereocenters. The van der Waals surface area contributed by atoms with E-state index in [0.29, 0.717) is 17.9 Å². The molecule has 0 saturated heterocycles. The molecule has 0 heterocycles. The molecule has 0 aromatic heterocycles. The number of carbonyl (C=O) groups is 1. The smallest absolute Gasteiger partial charge is 0.163 e. The highest BCUT2D eigenvalue weighted by Gasteiger charge is 2.18. The van der Waals surface area contributed by atoms with E-state index >= 15 is 0 Å². The minimum Gasteiger partial charge on any atom is -0.294 e. The van der Waals surface area contributed by atoms with Gasteiger partial charge in [-0.1, -0.05) is 38.5 Å². The Bertz CT molecular complexity index is 496. The summed E-state index contributed by atoms with van der Waals surface area (Å²) in [6.45, 7) is 0. The molecule has 1 aliphatic rings. The number of hydrogen-bond donors (Lipinski definition) is 0. The molecule has 2 nitrogen and oxygen atoms in total. The van der Waals surface area contributed by atoms with Crippen molar-refractivity contribution >= 4 is 5.78 Å². The van der Waals surface area contributed by atoms with Crippen molar-refractivity contribution in [1.29, 1.82) is 5.26 Å². The van der Waals surface area contributed by atoms with Crippen molar-refractivity contribution < 1.29 is 9.18 Å². The van der Waals surface area contributed by atoms with Crippen LogP contribution in [0.2, 0.25) is 0 Å². The van der Waals surface area contributed by atoms with E-state index in [1.807, 2.05) is 0 Å². The number of carbonyl (C=O) groups excluding carboxylic acids is 1. The molecular weight excluding hydrogens is 241 g/mol. The molecule has 0 N–H and O–H groups in total. The van der Waals surface area contributed by atoms with Crippen LogP contribution in [0.15, 0.2) is 18.2 Å². The Balaban J connectivity index is 2.03. The Hall–Kier alpha value is -1.69. The second-order valence-corrected chi connectivity index (χ2v) is 5.29. The summed E-state index contributed by atoms with van der Waals surface area (Å²) in [5.74, 6) is -0.168. The highest BCUT2D eigenvalue weighted by Crippen LogP contribution is 2.26. The van der Waals surface area contributed by atoms with E-state index in [1.54, 1.807) is 12.1 Å². The molecule has 1 aliphatic carbocycles. The average molecular weight is 259 g/mol. The van der Waals surface area contributed by atoms with Gasteiger partial charge in [-0.2, -0.15) is 5.26 Å². The highest BCUT2D eigenvalue weighted by atomic mass is 19.1. The van der Waals surface area contributed by atoms with Crippen LogP contribution in [0.5, 0.6) is 0 Å². The third kappa shape index (κ3) is 3.64. The third-order valence-electron chi connectivity index (χ3n) is 3.86. The molecule has 100 valence electrons. The summed E-state index contributed by atoms with van der Waals surface area (Å²) in [6, 6.07) is 5.90. The lowest BCUT2D eigenvalue weighted by Crippen LogP contribution is -2.09. The van der Waals surface area contributed by atoms with Crippen LogP contribution in [0.25, 0.3) is 0 Å². The summed E-state index contributed by atoms with van der Waals surface area (Å²) in [5, 5.41) is 8.67. The Morgan fingerprint density at radius 1 is 1.26 bits per heavy atom. The van der Waals surface area contributed by atoms with Gasteiger partial charge in [0, 0.05) is 12.0 Å². The maximum absolute atomic E-state index is 13.5. The van der Waals surface area contributed by atoms with Crippen LogP contribution in [0, 0.1) is 23.1 Å². The van der Waals surface area contributed by atoms with E-state index in [-0.39, 0.29) is 11.3 Å². The van der Waals surface area contributed by atoms with Gasteiger partial charge in [-0.15, -0.1) is 0 Å². The number of nitriles is 1. The summed E-state index contributed by atoms with van der Waals surface area (Å²) in [6.07, 6.45) is 7.62. The molecule has 1 saturated carbocycles. The summed E-state index contributed by atoms with van der Waals surface area (Å²) in [4.78, 5) is 12.1. The van der Waals surface area contributed by atoms with E-state index in [4.69, 9.17) is 5.26 Å². The minimum atomic E-state index is -0.603. The Labute approximate surface area is 113 Å². The SMILES string of the molecule is N#Cc1ccc(C(=O)CC2CCCCCC2)cc1F. The topological polar surface area (TPSA) is 40.9 Å². The lowest BCUT2D eigenvalue weighted by Gasteiger charge is -2.12. The number of nitrogens with zero attached hydrogens (tertiary/aromatic N) is 1. The standard InChI is InChI=1S/C16H18FNO/c17-15-10-13(7-8-14(15)11-18)16(19)9-12-5-3-1-2-4-6-12/h7-8,10,12H,1-6,9H2. The van der Waals surface area contributed by atoms with Crippen LogP contribution >= 0.6 is 0 Å². The zero-order chi connectivity index (χ0) is 13.7. The molecule has 2 rings (SSSR count). The van der Waals surface area contributed by atoms with Crippen molar-refractivity contribution in [2.24, 2.45) is 5.92 Å². The molecule has 1 aromatic rings. The molecule has 0 bridgehead atoms. The molecule has 0 aliphatic heterocycles. The van der Waals surface area contributed by atoms with Gasteiger partial charge in [0.25, 0.3) is 0 Å². The lowest BCUT2D eigenvalue weighted by molar-refractivity contribution is 0.0956. The van der Waals surface area contributed by atoms with Gasteiger partial charge in [-0.3, -0.25) is 4.79 Å². The zero-order valence-electron chi connectivity index (χ0n) is 11.0. The van der Waals surface area contributed by atoms with Crippen LogP contribution in [0.3, 0.4) is 0 Å². The van der Waals surface area contributed by atoms with Crippen molar-refractivity contribution in [1.82, 2.24) is 0 Å². The number of hydrogen-bond acceptors (Lipinski definition) is 2. The van der Waals surface area contributed by atoms with Crippen molar-refractivity contribution in [3.8, 4) is 6.07 Å². The zero-order valence-corrected chi connectivity index (χ0v) is 11.0. The molecule has 19 heavy (non-hydrogen) atoms. The Morgan fingerprint density at radius 2 is 1.95 bits per heavy atom. The lowest BCUT2D eigenvalue weighted by atomic mass is 9.92. The summed E-state index contributed by atoms with van der Waals surface area (Å²) in [7, 11) is 0. The first-order valence-electron chi connectivity index (χ1n) is 6.93. The fourth-order valence-corrected chi connectivity index (χ4v) is 2.73. The van der Waals surface area contributed by atoms with Gasteiger partial charge in [-0.25, -0.2) is 4.39 Å². The molecule has 0 atom stereocenters. The van der Waals surface area contributed by atoms with Crippen LogP contribution in [0.1, 0.15) is 60.9 Å². The minimum absolute atomic E-state index is 0.00436. The molecule has 0 radical (unpaired) electrons. The van der Waals surface area contributed by atoms with E-state index in [0.717, 1.165) is 12.8 Å². The highest BCUT2D eigenvalue weighted by molar-refractivity contribution is 5.96. The van der Waals surface area contributed by atoms with Crippen molar-refractivity contribution in [3.63, 3.8) is 0 Å². The van der Waals surface area contributed by atoms with E-state index in [1.165, 1.54) is 37.8 Å². The van der Waals surface area contributed by atoms with Gasteiger partial charge in [-0.05, 0) is 24.1 Å². The van der Waals surface area contributed by atoms with Crippen LogP contribution < -0.4 is 0 Å². The van der Waals surface area contributed by atoms with Crippen molar-refractivity contribution in [3.05, 3.63) is 35.1 Å². The van der Waals surface area contributed by atoms with Gasteiger partial charge in [0.05, 0.1) is 5.56 Å². The van der Waals surface area contributed by atoms with Crippen LogP contribution in [0.4, 0.5) is 4.39 Å². The summed E-state index contributed by atoms with van der Waals surface area (Å²) in [5.41, 5.74) is 0.381. The molecule has 0 spiro atoms. The largest absolute Gasteiger partial charge is 0.294 e. The fraction of sp³-hybridized carbons (Fsp3) is 0.500. The van der Waals surface area contributed by atoms with Crippen LogP contribution in [-0.4, -0.2) is 5.78 Å². The summed E-state index contributed by atoms with van der Waals surface area (Å²) < 4.78 is 13.5. The maximum Gasteiger partial charge on any atom is 0.163 e. The van der Waals surface area contributed by atoms with E-state index < -0.39 is 5.82 Å². The predicted octanol–water partition coefficient (Wildman–Crippen LogP) is 4.24. The van der Waals surface area contributed by atoms with E-state index in [2.05, 4.69) is 0 Å². The fourth-order valence-electron chi connectivity index (χ4n) is 2.73. The molecule has 1 fully saturated rings. The van der Waals surface area contributed by atoms with Gasteiger partial charge >= 0.3 is 0 Å². The van der Waals surface area contributed by atoms with Gasteiger partial charge in [0.15, 0.2) is 5.78 Å². The normalized spacial score (nSPS) is 16.6. The first kappa shape index (κ1) is 13.7. The first-order valence-corrected chi connectivity index (χ1v) is 6.93. The van der Waals surface area contributed by atoms with Crippen molar-refractivity contribution in [2.75, 3.05) is 0 Å². The molecule has 1 aromatic carbocycles. The molecule has 0 amide bonds. The number of ketones is 1. The maximum atomic E-state index is 13.5. The van der Waals surface area contributed by atoms with Gasteiger partial charge in [0.2, 0.25) is 0 Å². The number of halogens is 1. The number of rotatable bonds is 3. The molecule has 3 heteroatoms. The second-order valence-electron chi connectivity index (χ2n) is 5.29. The monoisotopic (exact) mass is 259 g/mol. The quantitative estimate of drug-likeness (QED) is 0.601. The van der Waals surface area contributed by atoms with Crippen molar-refractivity contribution in [2.45, 2.75) is 44.9 Å². The van der Waals surface area contributed by atoms with Gasteiger partial charge < -0.3 is 0 Å². The summed E-state index contributed by atoms with van der Waals surface area (Å²) >= 11 is 0. The molecular formula is C16H18FNO. The predicted molar refractivity (Wildman–Crippen MR) is 71.3 cm³/mol. The van der Waals surface area contributed by atoms with Gasteiger partial charge in [0.1, 0.15) is 11.9 Å². The van der Waals surface area contributed by atoms with Crippen LogP contribution in [-0.2, 0) is 0 Å². The van der Waals surface area contributed by atoms with E-state index in [9.17, 15) is 9.18 Å². The first-order chi connectivity index (χ1) is 9.20. The second kappa shape index (κ2) is 6.47. The number of Topliss-reactive ketones (excluding diaryl/α,β-unsaturated/α-hetero) is 1. The number of benzene rings is 1. The Kier molecular flexibility index (Phi) is 4.68.